The van der Waals surface area contributed by atoms with Gasteiger partial charge in [-0.05, 0) is 43.5 Å². The SMILES string of the molecule is COc1ccc(C(=O)C2(CN)CCCC2CN)cc1OC. The first-order valence-electron chi connectivity index (χ1n) is 7.30. The van der Waals surface area contributed by atoms with Gasteiger partial charge in [0.25, 0.3) is 0 Å². The number of nitrogens with two attached hydrogens (primary N) is 2. The number of benzene rings is 1. The molecule has 1 aromatic rings. The highest BCUT2D eigenvalue weighted by molar-refractivity contribution is 6.01. The second-order valence-electron chi connectivity index (χ2n) is 5.58. The van der Waals surface area contributed by atoms with E-state index < -0.39 is 5.41 Å². The van der Waals surface area contributed by atoms with Crippen molar-refractivity contribution < 1.29 is 14.3 Å². The molecule has 5 heteroatoms. The van der Waals surface area contributed by atoms with Crippen molar-refractivity contribution in [2.24, 2.45) is 22.8 Å². The minimum atomic E-state index is -0.533. The molecule has 0 aliphatic heterocycles. The Balaban J connectivity index is 2.38. The highest BCUT2D eigenvalue weighted by atomic mass is 16.5. The Hall–Kier alpha value is -1.59. The molecule has 0 spiro atoms. The first-order chi connectivity index (χ1) is 10.1. The summed E-state index contributed by atoms with van der Waals surface area (Å²) in [6.45, 7) is 0.832. The molecule has 1 aliphatic carbocycles. The Morgan fingerprint density at radius 3 is 2.57 bits per heavy atom. The minimum Gasteiger partial charge on any atom is -0.493 e. The van der Waals surface area contributed by atoms with E-state index in [1.54, 1.807) is 32.4 Å². The molecule has 0 saturated heterocycles. The number of ketones is 1. The maximum absolute atomic E-state index is 13.0. The van der Waals surface area contributed by atoms with Crippen LogP contribution in [0.4, 0.5) is 0 Å². The predicted octanol–water partition coefficient (Wildman–Crippen LogP) is 1.59. The summed E-state index contributed by atoms with van der Waals surface area (Å²) in [7, 11) is 3.13. The second kappa shape index (κ2) is 6.45. The number of hydrogen-bond donors (Lipinski definition) is 2. The lowest BCUT2D eigenvalue weighted by Crippen LogP contribution is -2.44. The van der Waals surface area contributed by atoms with Gasteiger partial charge in [0.05, 0.1) is 14.2 Å². The quantitative estimate of drug-likeness (QED) is 0.777. The zero-order valence-corrected chi connectivity index (χ0v) is 12.7. The van der Waals surface area contributed by atoms with E-state index in [9.17, 15) is 4.79 Å². The van der Waals surface area contributed by atoms with Crippen LogP contribution in [0.5, 0.6) is 11.5 Å². The molecule has 0 heterocycles. The lowest BCUT2D eigenvalue weighted by atomic mass is 9.72. The fourth-order valence-electron chi connectivity index (χ4n) is 3.41. The molecular formula is C16H24N2O3. The van der Waals surface area contributed by atoms with E-state index in [0.29, 0.717) is 30.2 Å². The third kappa shape index (κ3) is 2.63. The molecule has 0 bridgehead atoms. The van der Waals surface area contributed by atoms with E-state index in [2.05, 4.69) is 0 Å². The second-order valence-corrected chi connectivity index (χ2v) is 5.58. The van der Waals surface area contributed by atoms with Crippen LogP contribution in [-0.2, 0) is 0 Å². The molecule has 2 rings (SSSR count). The average molecular weight is 292 g/mol. The van der Waals surface area contributed by atoms with Gasteiger partial charge in [0.15, 0.2) is 17.3 Å². The average Bonchev–Trinajstić information content (AvgIpc) is 2.97. The van der Waals surface area contributed by atoms with Crippen LogP contribution in [0, 0.1) is 11.3 Å². The molecule has 116 valence electrons. The van der Waals surface area contributed by atoms with Crippen LogP contribution < -0.4 is 20.9 Å². The third-order valence-corrected chi connectivity index (χ3v) is 4.70. The van der Waals surface area contributed by atoms with Crippen LogP contribution in [-0.4, -0.2) is 33.1 Å². The molecule has 5 nitrogen and oxygen atoms in total. The Bertz CT molecular complexity index is 518. The normalized spacial score (nSPS) is 24.9. The number of Topliss-reactive ketones (excluding diaryl/α,β-unsaturated/α-hetero) is 1. The van der Waals surface area contributed by atoms with E-state index in [-0.39, 0.29) is 11.7 Å². The molecule has 21 heavy (non-hydrogen) atoms. The smallest absolute Gasteiger partial charge is 0.170 e. The summed E-state index contributed by atoms with van der Waals surface area (Å²) in [4.78, 5) is 13.0. The molecule has 0 radical (unpaired) electrons. The van der Waals surface area contributed by atoms with Crippen LogP contribution in [0.1, 0.15) is 29.6 Å². The van der Waals surface area contributed by atoms with Crippen LogP contribution >= 0.6 is 0 Å². The molecule has 0 amide bonds. The topological polar surface area (TPSA) is 87.6 Å². The van der Waals surface area contributed by atoms with Gasteiger partial charge >= 0.3 is 0 Å². The molecule has 0 aromatic heterocycles. The van der Waals surface area contributed by atoms with E-state index >= 15 is 0 Å². The number of ether oxygens (including phenoxy) is 2. The maximum atomic E-state index is 13.0. The summed E-state index contributed by atoms with van der Waals surface area (Å²) in [5, 5.41) is 0. The Morgan fingerprint density at radius 1 is 1.29 bits per heavy atom. The van der Waals surface area contributed by atoms with Crippen molar-refractivity contribution in [2.45, 2.75) is 19.3 Å². The zero-order chi connectivity index (χ0) is 15.5. The minimum absolute atomic E-state index is 0.0684. The van der Waals surface area contributed by atoms with Gasteiger partial charge in [0.1, 0.15) is 0 Å². The molecule has 1 saturated carbocycles. The van der Waals surface area contributed by atoms with Gasteiger partial charge in [-0.2, -0.15) is 0 Å². The third-order valence-electron chi connectivity index (χ3n) is 4.70. The molecule has 1 aromatic carbocycles. The van der Waals surface area contributed by atoms with Crippen molar-refractivity contribution in [3.8, 4) is 11.5 Å². The van der Waals surface area contributed by atoms with Gasteiger partial charge < -0.3 is 20.9 Å². The number of carbonyl (C=O) groups excluding carboxylic acids is 1. The van der Waals surface area contributed by atoms with Gasteiger partial charge in [-0.3, -0.25) is 4.79 Å². The van der Waals surface area contributed by atoms with Gasteiger partial charge in [0, 0.05) is 17.5 Å². The molecule has 1 aliphatic rings. The summed E-state index contributed by atoms with van der Waals surface area (Å²) in [6, 6.07) is 5.25. The number of hydrogen-bond acceptors (Lipinski definition) is 5. The van der Waals surface area contributed by atoms with E-state index in [1.807, 2.05) is 0 Å². The Kier molecular flexibility index (Phi) is 4.85. The Labute approximate surface area is 125 Å². The van der Waals surface area contributed by atoms with Gasteiger partial charge in [-0.15, -0.1) is 0 Å². The summed E-state index contributed by atoms with van der Waals surface area (Å²) >= 11 is 0. The molecule has 2 atom stereocenters. The van der Waals surface area contributed by atoms with Crippen molar-refractivity contribution in [3.63, 3.8) is 0 Å². The highest BCUT2D eigenvalue weighted by Crippen LogP contribution is 2.45. The van der Waals surface area contributed by atoms with E-state index in [4.69, 9.17) is 20.9 Å². The Morgan fingerprint density at radius 2 is 2.00 bits per heavy atom. The van der Waals surface area contributed by atoms with Crippen LogP contribution in [0.3, 0.4) is 0 Å². The molecular weight excluding hydrogens is 268 g/mol. The summed E-state index contributed by atoms with van der Waals surface area (Å²) in [5.41, 5.74) is 11.9. The first-order valence-corrected chi connectivity index (χ1v) is 7.30. The standard InChI is InChI=1S/C16H24N2O3/c1-20-13-6-5-11(8-14(13)21-2)15(19)16(10-18)7-3-4-12(16)9-17/h5-6,8,12H,3-4,7,9-10,17-18H2,1-2H3. The lowest BCUT2D eigenvalue weighted by molar-refractivity contribution is 0.0737. The van der Waals surface area contributed by atoms with Crippen LogP contribution in [0.15, 0.2) is 18.2 Å². The zero-order valence-electron chi connectivity index (χ0n) is 12.7. The number of rotatable bonds is 6. The van der Waals surface area contributed by atoms with Crippen LogP contribution in [0.25, 0.3) is 0 Å². The first kappa shape index (κ1) is 15.8. The van der Waals surface area contributed by atoms with Gasteiger partial charge in [0.2, 0.25) is 0 Å². The summed E-state index contributed by atoms with van der Waals surface area (Å²) < 4.78 is 10.5. The summed E-state index contributed by atoms with van der Waals surface area (Å²) in [5.74, 6) is 1.39. The van der Waals surface area contributed by atoms with Crippen molar-refractivity contribution in [2.75, 3.05) is 27.3 Å². The lowest BCUT2D eigenvalue weighted by Gasteiger charge is -2.32. The number of carbonyl (C=O) groups is 1. The molecule has 4 N–H and O–H groups in total. The highest BCUT2D eigenvalue weighted by Gasteiger charge is 2.47. The summed E-state index contributed by atoms with van der Waals surface area (Å²) in [6.07, 6.45) is 2.77. The molecule has 1 fully saturated rings. The van der Waals surface area contributed by atoms with E-state index in [0.717, 1.165) is 19.3 Å². The molecule has 2 unspecified atom stereocenters. The van der Waals surface area contributed by atoms with Crippen LogP contribution in [0.2, 0.25) is 0 Å². The monoisotopic (exact) mass is 292 g/mol. The van der Waals surface area contributed by atoms with E-state index in [1.165, 1.54) is 0 Å². The maximum Gasteiger partial charge on any atom is 0.170 e. The van der Waals surface area contributed by atoms with Crippen molar-refractivity contribution in [1.29, 1.82) is 0 Å². The fourth-order valence-corrected chi connectivity index (χ4v) is 3.41. The largest absolute Gasteiger partial charge is 0.493 e. The fraction of sp³-hybridized carbons (Fsp3) is 0.562. The van der Waals surface area contributed by atoms with Gasteiger partial charge in [-0.1, -0.05) is 6.42 Å². The van der Waals surface area contributed by atoms with Crippen molar-refractivity contribution >= 4 is 5.78 Å². The predicted molar refractivity (Wildman–Crippen MR) is 81.8 cm³/mol. The number of methoxy groups -OCH3 is 2. The van der Waals surface area contributed by atoms with Gasteiger partial charge in [-0.25, -0.2) is 0 Å². The van der Waals surface area contributed by atoms with Crippen molar-refractivity contribution in [1.82, 2.24) is 0 Å². The van der Waals surface area contributed by atoms with Crippen molar-refractivity contribution in [3.05, 3.63) is 23.8 Å².